The average Bonchev–Trinajstić information content (AvgIpc) is 3.08. The summed E-state index contributed by atoms with van der Waals surface area (Å²) in [6, 6.07) is 19.4. The van der Waals surface area contributed by atoms with Crippen LogP contribution in [0.1, 0.15) is 31.7 Å². The van der Waals surface area contributed by atoms with Crippen molar-refractivity contribution in [3.8, 4) is 0 Å². The van der Waals surface area contributed by atoms with Gasteiger partial charge in [0.05, 0.1) is 11.0 Å². The standard InChI is InChI=1S/C23H30N4/c1-2-3-9-14-27-22-13-8-7-12-21(22)24-23(27)26-17-15-25(16-18-26)19-20-10-5-4-6-11-20/h4-8,10-13H,2-3,9,14-19H2,1H3. The van der Waals surface area contributed by atoms with E-state index >= 15 is 0 Å². The van der Waals surface area contributed by atoms with Crippen molar-refractivity contribution in [2.45, 2.75) is 39.3 Å². The molecule has 27 heavy (non-hydrogen) atoms. The number of unbranched alkanes of at least 4 members (excludes halogenated alkanes) is 2. The minimum absolute atomic E-state index is 1.04. The molecular formula is C23H30N4. The van der Waals surface area contributed by atoms with Crippen molar-refractivity contribution in [1.82, 2.24) is 14.5 Å². The fourth-order valence-corrected chi connectivity index (χ4v) is 3.99. The molecule has 0 unspecified atom stereocenters. The molecule has 0 spiro atoms. The number of aryl methyl sites for hydroxylation is 1. The number of imidazole rings is 1. The molecule has 1 saturated heterocycles. The van der Waals surface area contributed by atoms with Crippen molar-refractivity contribution in [2.75, 3.05) is 31.1 Å². The van der Waals surface area contributed by atoms with Crippen LogP contribution in [0, 0.1) is 0 Å². The van der Waals surface area contributed by atoms with E-state index in [9.17, 15) is 0 Å². The second-order valence-electron chi connectivity index (χ2n) is 7.51. The van der Waals surface area contributed by atoms with Crippen molar-refractivity contribution in [2.24, 2.45) is 0 Å². The maximum Gasteiger partial charge on any atom is 0.206 e. The van der Waals surface area contributed by atoms with Gasteiger partial charge in [-0.1, -0.05) is 62.2 Å². The van der Waals surface area contributed by atoms with Crippen molar-refractivity contribution in [3.63, 3.8) is 0 Å². The molecule has 4 heteroatoms. The lowest BCUT2D eigenvalue weighted by atomic mass is 10.2. The highest BCUT2D eigenvalue weighted by Crippen LogP contribution is 2.24. The maximum absolute atomic E-state index is 4.99. The van der Waals surface area contributed by atoms with Gasteiger partial charge in [-0.3, -0.25) is 4.90 Å². The fourth-order valence-electron chi connectivity index (χ4n) is 3.99. The number of anilines is 1. The smallest absolute Gasteiger partial charge is 0.206 e. The van der Waals surface area contributed by atoms with E-state index < -0.39 is 0 Å². The van der Waals surface area contributed by atoms with Gasteiger partial charge < -0.3 is 9.47 Å². The van der Waals surface area contributed by atoms with Crippen LogP contribution in [0.4, 0.5) is 5.95 Å². The Hall–Kier alpha value is -2.33. The van der Waals surface area contributed by atoms with Crippen molar-refractivity contribution < 1.29 is 0 Å². The molecule has 1 aliphatic heterocycles. The zero-order valence-corrected chi connectivity index (χ0v) is 16.3. The van der Waals surface area contributed by atoms with Gasteiger partial charge in [0.25, 0.3) is 0 Å². The molecule has 0 N–H and O–H groups in total. The molecule has 1 aliphatic rings. The monoisotopic (exact) mass is 362 g/mol. The third kappa shape index (κ3) is 4.16. The van der Waals surface area contributed by atoms with Crippen molar-refractivity contribution >= 4 is 17.0 Å². The molecule has 0 saturated carbocycles. The van der Waals surface area contributed by atoms with Gasteiger partial charge in [-0.2, -0.15) is 0 Å². The zero-order valence-electron chi connectivity index (χ0n) is 16.3. The van der Waals surface area contributed by atoms with E-state index in [1.807, 2.05) is 0 Å². The van der Waals surface area contributed by atoms with Crippen LogP contribution in [-0.4, -0.2) is 40.6 Å². The Balaban J connectivity index is 1.47. The Kier molecular flexibility index (Phi) is 5.73. The van der Waals surface area contributed by atoms with Gasteiger partial charge in [0.15, 0.2) is 0 Å². The third-order valence-corrected chi connectivity index (χ3v) is 5.52. The van der Waals surface area contributed by atoms with E-state index in [-0.39, 0.29) is 0 Å². The zero-order chi connectivity index (χ0) is 18.5. The first-order valence-electron chi connectivity index (χ1n) is 10.3. The first-order valence-corrected chi connectivity index (χ1v) is 10.3. The molecule has 0 atom stereocenters. The van der Waals surface area contributed by atoms with Gasteiger partial charge in [0, 0.05) is 39.3 Å². The highest BCUT2D eigenvalue weighted by atomic mass is 15.4. The molecule has 1 aromatic heterocycles. The Morgan fingerprint density at radius 1 is 0.852 bits per heavy atom. The van der Waals surface area contributed by atoms with Crippen molar-refractivity contribution in [1.29, 1.82) is 0 Å². The summed E-state index contributed by atoms with van der Waals surface area (Å²) in [6.45, 7) is 8.64. The van der Waals surface area contributed by atoms with E-state index in [1.54, 1.807) is 0 Å². The lowest BCUT2D eigenvalue weighted by molar-refractivity contribution is 0.248. The van der Waals surface area contributed by atoms with Crippen LogP contribution in [-0.2, 0) is 13.1 Å². The molecule has 142 valence electrons. The summed E-state index contributed by atoms with van der Waals surface area (Å²) < 4.78 is 2.44. The van der Waals surface area contributed by atoms with Gasteiger partial charge in [0.1, 0.15) is 0 Å². The summed E-state index contributed by atoms with van der Waals surface area (Å²) in [4.78, 5) is 10.0. The van der Waals surface area contributed by atoms with Crippen LogP contribution in [0.3, 0.4) is 0 Å². The largest absolute Gasteiger partial charge is 0.340 e. The average molecular weight is 363 g/mol. The normalized spacial score (nSPS) is 15.5. The van der Waals surface area contributed by atoms with E-state index in [4.69, 9.17) is 4.98 Å². The Labute approximate surface area is 162 Å². The molecule has 0 bridgehead atoms. The number of hydrogen-bond acceptors (Lipinski definition) is 3. The first-order chi connectivity index (χ1) is 13.3. The van der Waals surface area contributed by atoms with Crippen molar-refractivity contribution in [3.05, 3.63) is 60.2 Å². The highest BCUT2D eigenvalue weighted by Gasteiger charge is 2.22. The molecule has 1 fully saturated rings. The predicted molar refractivity (Wildman–Crippen MR) is 113 cm³/mol. The van der Waals surface area contributed by atoms with Gasteiger partial charge >= 0.3 is 0 Å². The minimum atomic E-state index is 1.04. The molecule has 2 heterocycles. The molecule has 2 aromatic carbocycles. The molecule has 3 aromatic rings. The summed E-state index contributed by atoms with van der Waals surface area (Å²) in [6.07, 6.45) is 3.74. The van der Waals surface area contributed by atoms with Crippen LogP contribution in [0.15, 0.2) is 54.6 Å². The SMILES string of the molecule is CCCCCn1c(N2CCN(Cc3ccccc3)CC2)nc2ccccc21. The second-order valence-corrected chi connectivity index (χ2v) is 7.51. The Morgan fingerprint density at radius 3 is 2.37 bits per heavy atom. The number of piperazine rings is 1. The number of para-hydroxylation sites is 2. The lowest BCUT2D eigenvalue weighted by Crippen LogP contribution is -2.46. The number of benzene rings is 2. The van der Waals surface area contributed by atoms with E-state index in [2.05, 4.69) is 75.9 Å². The van der Waals surface area contributed by atoms with Crippen LogP contribution in [0.25, 0.3) is 11.0 Å². The molecule has 4 rings (SSSR count). The van der Waals surface area contributed by atoms with Gasteiger partial charge in [-0.05, 0) is 24.1 Å². The summed E-state index contributed by atoms with van der Waals surface area (Å²) in [5.74, 6) is 1.16. The van der Waals surface area contributed by atoms with Crippen LogP contribution in [0.5, 0.6) is 0 Å². The number of rotatable bonds is 7. The van der Waals surface area contributed by atoms with Gasteiger partial charge in [0.2, 0.25) is 5.95 Å². The lowest BCUT2D eigenvalue weighted by Gasteiger charge is -2.35. The van der Waals surface area contributed by atoms with E-state index in [1.165, 1.54) is 30.3 Å². The maximum atomic E-state index is 4.99. The summed E-state index contributed by atoms with van der Waals surface area (Å²) in [5.41, 5.74) is 3.80. The summed E-state index contributed by atoms with van der Waals surface area (Å²) in [7, 11) is 0. The second kappa shape index (κ2) is 8.57. The number of hydrogen-bond donors (Lipinski definition) is 0. The van der Waals surface area contributed by atoms with Crippen LogP contribution in [0.2, 0.25) is 0 Å². The topological polar surface area (TPSA) is 24.3 Å². The number of aromatic nitrogens is 2. The number of nitrogens with zero attached hydrogens (tertiary/aromatic N) is 4. The molecule has 0 radical (unpaired) electrons. The minimum Gasteiger partial charge on any atom is -0.340 e. The summed E-state index contributed by atoms with van der Waals surface area (Å²) in [5, 5.41) is 0. The third-order valence-electron chi connectivity index (χ3n) is 5.52. The summed E-state index contributed by atoms with van der Waals surface area (Å²) >= 11 is 0. The fraction of sp³-hybridized carbons (Fsp3) is 0.435. The highest BCUT2D eigenvalue weighted by molar-refractivity contribution is 5.78. The number of fused-ring (bicyclic) bond motifs is 1. The molecule has 0 aliphatic carbocycles. The van der Waals surface area contributed by atoms with Gasteiger partial charge in [-0.15, -0.1) is 0 Å². The molecule has 4 nitrogen and oxygen atoms in total. The predicted octanol–water partition coefficient (Wildman–Crippen LogP) is 4.55. The Morgan fingerprint density at radius 2 is 1.59 bits per heavy atom. The van der Waals surface area contributed by atoms with E-state index in [0.717, 1.165) is 50.7 Å². The van der Waals surface area contributed by atoms with Crippen LogP contribution < -0.4 is 4.90 Å². The first kappa shape index (κ1) is 18.1. The molecular weight excluding hydrogens is 332 g/mol. The van der Waals surface area contributed by atoms with Crippen LogP contribution >= 0.6 is 0 Å². The Bertz CT molecular complexity index is 847. The van der Waals surface area contributed by atoms with E-state index in [0.29, 0.717) is 0 Å². The van der Waals surface area contributed by atoms with Gasteiger partial charge in [-0.25, -0.2) is 4.98 Å². The quantitative estimate of drug-likeness (QED) is 0.576. The molecule has 0 amide bonds.